The third kappa shape index (κ3) is 2.39. The first kappa shape index (κ1) is 11.1. The molecule has 0 fully saturated rings. The van der Waals surface area contributed by atoms with Gasteiger partial charge in [0.1, 0.15) is 5.69 Å². The molecule has 88 valence electrons. The quantitative estimate of drug-likeness (QED) is 0.758. The van der Waals surface area contributed by atoms with Gasteiger partial charge in [0.15, 0.2) is 5.82 Å². The van der Waals surface area contributed by atoms with E-state index in [2.05, 4.69) is 19.9 Å². The van der Waals surface area contributed by atoms with Gasteiger partial charge in [-0.2, -0.15) is 4.98 Å². The Labute approximate surface area is 96.8 Å². The SMILES string of the molecule is CN(C)c1nccc(-c2nc(O)cc(=O)[nH]2)n1. The molecule has 7 heteroatoms. The van der Waals surface area contributed by atoms with E-state index < -0.39 is 5.56 Å². The van der Waals surface area contributed by atoms with Crippen LogP contribution in [0.5, 0.6) is 5.88 Å². The van der Waals surface area contributed by atoms with Crippen molar-refractivity contribution in [3.8, 4) is 17.4 Å². The van der Waals surface area contributed by atoms with Crippen LogP contribution in [-0.2, 0) is 0 Å². The molecule has 0 saturated carbocycles. The highest BCUT2D eigenvalue weighted by molar-refractivity contribution is 5.51. The molecular weight excluding hydrogens is 222 g/mol. The minimum absolute atomic E-state index is 0.209. The van der Waals surface area contributed by atoms with Crippen molar-refractivity contribution in [2.24, 2.45) is 0 Å². The van der Waals surface area contributed by atoms with Gasteiger partial charge < -0.3 is 15.0 Å². The minimum Gasteiger partial charge on any atom is -0.493 e. The molecule has 0 amide bonds. The number of aromatic nitrogens is 4. The molecule has 0 spiro atoms. The molecule has 2 heterocycles. The number of rotatable bonds is 2. The molecule has 2 rings (SSSR count). The zero-order chi connectivity index (χ0) is 12.4. The van der Waals surface area contributed by atoms with Crippen molar-refractivity contribution in [3.05, 3.63) is 28.7 Å². The van der Waals surface area contributed by atoms with Gasteiger partial charge in [-0.05, 0) is 6.07 Å². The first-order valence-electron chi connectivity index (χ1n) is 4.87. The lowest BCUT2D eigenvalue weighted by Gasteiger charge is -2.10. The first-order valence-corrected chi connectivity index (χ1v) is 4.87. The topological polar surface area (TPSA) is 95.0 Å². The molecule has 0 aliphatic rings. The Morgan fingerprint density at radius 3 is 2.76 bits per heavy atom. The molecule has 0 saturated heterocycles. The molecule has 0 unspecified atom stereocenters. The third-order valence-corrected chi connectivity index (χ3v) is 2.01. The number of aromatic hydroxyl groups is 1. The van der Waals surface area contributed by atoms with Gasteiger partial charge in [0.25, 0.3) is 5.56 Å². The van der Waals surface area contributed by atoms with Crippen molar-refractivity contribution in [2.45, 2.75) is 0 Å². The van der Waals surface area contributed by atoms with Crippen LogP contribution in [0.2, 0.25) is 0 Å². The molecule has 2 N–H and O–H groups in total. The van der Waals surface area contributed by atoms with Crippen LogP contribution >= 0.6 is 0 Å². The molecule has 2 aromatic rings. The van der Waals surface area contributed by atoms with Crippen LogP contribution < -0.4 is 10.5 Å². The van der Waals surface area contributed by atoms with Crippen molar-refractivity contribution in [2.75, 3.05) is 19.0 Å². The molecule has 0 aliphatic heterocycles. The summed E-state index contributed by atoms with van der Waals surface area (Å²) in [6, 6.07) is 2.60. The molecule has 0 radical (unpaired) electrons. The van der Waals surface area contributed by atoms with E-state index >= 15 is 0 Å². The smallest absolute Gasteiger partial charge is 0.255 e. The number of aromatic amines is 1. The lowest BCUT2D eigenvalue weighted by atomic mass is 10.4. The molecule has 0 bridgehead atoms. The predicted molar refractivity (Wildman–Crippen MR) is 61.9 cm³/mol. The van der Waals surface area contributed by atoms with Gasteiger partial charge in [-0.15, -0.1) is 0 Å². The highest BCUT2D eigenvalue weighted by Gasteiger charge is 2.07. The highest BCUT2D eigenvalue weighted by atomic mass is 16.3. The van der Waals surface area contributed by atoms with Gasteiger partial charge in [-0.1, -0.05) is 0 Å². The van der Waals surface area contributed by atoms with Gasteiger partial charge >= 0.3 is 0 Å². The van der Waals surface area contributed by atoms with Gasteiger partial charge in [0, 0.05) is 20.3 Å². The Kier molecular flexibility index (Phi) is 2.73. The largest absolute Gasteiger partial charge is 0.493 e. The molecule has 2 aromatic heterocycles. The first-order chi connectivity index (χ1) is 8.06. The van der Waals surface area contributed by atoms with E-state index in [9.17, 15) is 9.90 Å². The van der Waals surface area contributed by atoms with Crippen LogP contribution in [0.3, 0.4) is 0 Å². The standard InChI is InChI=1S/C10H11N5O2/c1-15(2)10-11-4-3-6(12-10)9-13-7(16)5-8(17)14-9/h3-5H,1-2H3,(H2,13,14,16,17). The predicted octanol–water partition coefficient (Wildman–Crippen LogP) is -0.00150. The second kappa shape index (κ2) is 4.20. The van der Waals surface area contributed by atoms with E-state index in [0.717, 1.165) is 6.07 Å². The van der Waals surface area contributed by atoms with Gasteiger partial charge in [-0.3, -0.25) is 4.79 Å². The Morgan fingerprint density at radius 1 is 1.35 bits per heavy atom. The Morgan fingerprint density at radius 2 is 2.12 bits per heavy atom. The van der Waals surface area contributed by atoms with E-state index in [1.165, 1.54) is 0 Å². The third-order valence-electron chi connectivity index (χ3n) is 2.01. The van der Waals surface area contributed by atoms with E-state index in [0.29, 0.717) is 11.6 Å². The summed E-state index contributed by atoms with van der Waals surface area (Å²) in [5, 5.41) is 9.25. The van der Waals surface area contributed by atoms with Crippen LogP contribution in [-0.4, -0.2) is 39.1 Å². The van der Waals surface area contributed by atoms with Crippen molar-refractivity contribution < 1.29 is 5.11 Å². The number of nitrogens with zero attached hydrogens (tertiary/aromatic N) is 4. The highest BCUT2D eigenvalue weighted by Crippen LogP contribution is 2.14. The van der Waals surface area contributed by atoms with Crippen molar-refractivity contribution >= 4 is 5.95 Å². The summed E-state index contributed by atoms with van der Waals surface area (Å²) >= 11 is 0. The van der Waals surface area contributed by atoms with E-state index in [-0.39, 0.29) is 11.7 Å². The van der Waals surface area contributed by atoms with Crippen molar-refractivity contribution in [1.82, 2.24) is 19.9 Å². The number of nitrogens with one attached hydrogen (secondary N) is 1. The summed E-state index contributed by atoms with van der Waals surface area (Å²) in [4.78, 5) is 27.4. The Bertz CT molecular complexity index is 593. The summed E-state index contributed by atoms with van der Waals surface area (Å²) in [5.41, 5.74) is 0.00853. The van der Waals surface area contributed by atoms with Gasteiger partial charge in [0.2, 0.25) is 11.8 Å². The van der Waals surface area contributed by atoms with Crippen LogP contribution in [0.1, 0.15) is 0 Å². The zero-order valence-corrected chi connectivity index (χ0v) is 9.38. The van der Waals surface area contributed by atoms with Gasteiger partial charge in [-0.25, -0.2) is 9.97 Å². The number of anilines is 1. The van der Waals surface area contributed by atoms with Crippen LogP contribution in [0.25, 0.3) is 11.5 Å². The van der Waals surface area contributed by atoms with Gasteiger partial charge in [0.05, 0.1) is 6.07 Å². The fraction of sp³-hybridized carbons (Fsp3) is 0.200. The number of hydrogen-bond acceptors (Lipinski definition) is 6. The molecule has 0 aliphatic carbocycles. The minimum atomic E-state index is -0.433. The Hall–Kier alpha value is -2.44. The molecule has 0 aromatic carbocycles. The Balaban J connectivity index is 2.52. The summed E-state index contributed by atoms with van der Waals surface area (Å²) in [6.07, 6.45) is 1.56. The average molecular weight is 233 g/mol. The van der Waals surface area contributed by atoms with Crippen LogP contribution in [0.15, 0.2) is 23.1 Å². The summed E-state index contributed by atoms with van der Waals surface area (Å²) in [6.45, 7) is 0. The fourth-order valence-electron chi connectivity index (χ4n) is 1.26. The van der Waals surface area contributed by atoms with Crippen molar-refractivity contribution in [1.29, 1.82) is 0 Å². The molecule has 0 atom stereocenters. The van der Waals surface area contributed by atoms with E-state index in [1.54, 1.807) is 31.3 Å². The lowest BCUT2D eigenvalue weighted by Crippen LogP contribution is -2.13. The fourth-order valence-corrected chi connectivity index (χ4v) is 1.26. The lowest BCUT2D eigenvalue weighted by molar-refractivity contribution is 0.452. The van der Waals surface area contributed by atoms with E-state index in [1.807, 2.05) is 0 Å². The molecule has 17 heavy (non-hydrogen) atoms. The summed E-state index contributed by atoms with van der Waals surface area (Å²) < 4.78 is 0. The zero-order valence-electron chi connectivity index (χ0n) is 9.38. The summed E-state index contributed by atoms with van der Waals surface area (Å²) in [7, 11) is 3.61. The summed E-state index contributed by atoms with van der Waals surface area (Å²) in [5.74, 6) is 0.364. The van der Waals surface area contributed by atoms with Crippen LogP contribution in [0.4, 0.5) is 5.95 Å². The second-order valence-corrected chi connectivity index (χ2v) is 3.59. The van der Waals surface area contributed by atoms with E-state index in [4.69, 9.17) is 0 Å². The maximum absolute atomic E-state index is 11.2. The molecular formula is C10H11N5O2. The number of hydrogen-bond donors (Lipinski definition) is 2. The molecule has 7 nitrogen and oxygen atoms in total. The normalized spacial score (nSPS) is 10.2. The van der Waals surface area contributed by atoms with Crippen LogP contribution in [0, 0.1) is 0 Å². The monoisotopic (exact) mass is 233 g/mol. The number of H-pyrrole nitrogens is 1. The second-order valence-electron chi connectivity index (χ2n) is 3.59. The average Bonchev–Trinajstić information content (AvgIpc) is 2.28. The maximum atomic E-state index is 11.2. The van der Waals surface area contributed by atoms with Crippen molar-refractivity contribution in [3.63, 3.8) is 0 Å². The maximum Gasteiger partial charge on any atom is 0.255 e.